The number of ether oxygens (including phenoxy) is 1. The Bertz CT molecular complexity index is 630. The summed E-state index contributed by atoms with van der Waals surface area (Å²) >= 11 is 4.11. The van der Waals surface area contributed by atoms with Crippen LogP contribution >= 0.6 is 23.5 Å². The zero-order valence-corrected chi connectivity index (χ0v) is 19.1. The fraction of sp³-hybridized carbons (Fsp3) is 0.818. The lowest BCUT2D eigenvalue weighted by Crippen LogP contribution is -2.44. The standard InChI is InChI=1S/C22H34O3S2/c1-14(2)15-11-18(23)21(6)8-7-17(25-19(24)20(3,4)5)16(21)13-22(12-15)26-9-10-27-22/h15-17H,1,7-13H2,2-6H3/t15-,16-,17-,21+/m1/s1. The van der Waals surface area contributed by atoms with Crippen LogP contribution in [0.5, 0.6) is 0 Å². The lowest BCUT2D eigenvalue weighted by atomic mass is 9.68. The van der Waals surface area contributed by atoms with Gasteiger partial charge in [0.15, 0.2) is 0 Å². The second-order valence-electron chi connectivity index (χ2n) is 9.94. The van der Waals surface area contributed by atoms with Crippen molar-refractivity contribution in [1.29, 1.82) is 0 Å². The maximum atomic E-state index is 13.3. The van der Waals surface area contributed by atoms with E-state index in [2.05, 4.69) is 44.0 Å². The maximum Gasteiger partial charge on any atom is 0.311 e. The number of esters is 1. The predicted octanol–water partition coefficient (Wildman–Crippen LogP) is 5.48. The van der Waals surface area contributed by atoms with Gasteiger partial charge in [-0.15, -0.1) is 23.5 Å². The summed E-state index contributed by atoms with van der Waals surface area (Å²) < 4.78 is 6.14. The van der Waals surface area contributed by atoms with Gasteiger partial charge in [0.2, 0.25) is 0 Å². The Morgan fingerprint density at radius 2 is 1.85 bits per heavy atom. The molecular formula is C22H34O3S2. The lowest BCUT2D eigenvalue weighted by Gasteiger charge is -2.43. The first-order valence-electron chi connectivity index (χ1n) is 10.1. The van der Waals surface area contributed by atoms with Gasteiger partial charge in [-0.1, -0.05) is 19.1 Å². The first-order chi connectivity index (χ1) is 12.5. The second-order valence-corrected chi connectivity index (χ2v) is 13.2. The van der Waals surface area contributed by atoms with E-state index in [0.717, 1.165) is 42.8 Å². The van der Waals surface area contributed by atoms with Crippen molar-refractivity contribution in [3.05, 3.63) is 12.2 Å². The van der Waals surface area contributed by atoms with Crippen LogP contribution in [-0.2, 0) is 14.3 Å². The van der Waals surface area contributed by atoms with E-state index < -0.39 is 5.41 Å². The molecule has 3 rings (SSSR count). The Hall–Kier alpha value is -0.420. The molecule has 152 valence electrons. The summed E-state index contributed by atoms with van der Waals surface area (Å²) in [7, 11) is 0. The quantitative estimate of drug-likeness (QED) is 0.445. The highest BCUT2D eigenvalue weighted by Gasteiger charge is 2.57. The van der Waals surface area contributed by atoms with Gasteiger partial charge >= 0.3 is 5.97 Å². The number of fused-ring (bicyclic) bond motifs is 1. The van der Waals surface area contributed by atoms with E-state index in [0.29, 0.717) is 12.2 Å². The maximum absolute atomic E-state index is 13.3. The third kappa shape index (κ3) is 4.14. The number of thioether (sulfide) groups is 2. The Labute approximate surface area is 172 Å². The molecule has 0 aromatic carbocycles. The van der Waals surface area contributed by atoms with Crippen LogP contribution in [0.4, 0.5) is 0 Å². The van der Waals surface area contributed by atoms with E-state index in [9.17, 15) is 9.59 Å². The highest BCUT2D eigenvalue weighted by atomic mass is 32.2. The minimum Gasteiger partial charge on any atom is -0.462 e. The molecule has 1 spiro atoms. The van der Waals surface area contributed by atoms with Crippen LogP contribution in [0.25, 0.3) is 0 Å². The van der Waals surface area contributed by atoms with Gasteiger partial charge in [0, 0.05) is 29.3 Å². The average molecular weight is 411 g/mol. The number of Topliss-reactive ketones (excluding diaryl/α,β-unsaturated/α-hetero) is 1. The van der Waals surface area contributed by atoms with E-state index in [4.69, 9.17) is 4.74 Å². The Kier molecular flexibility index (Phi) is 5.87. The molecule has 0 bridgehead atoms. The van der Waals surface area contributed by atoms with Gasteiger partial charge < -0.3 is 4.74 Å². The van der Waals surface area contributed by atoms with Crippen molar-refractivity contribution < 1.29 is 14.3 Å². The largest absolute Gasteiger partial charge is 0.462 e. The molecule has 27 heavy (non-hydrogen) atoms. The van der Waals surface area contributed by atoms with Crippen molar-refractivity contribution in [3.8, 4) is 0 Å². The fourth-order valence-electron chi connectivity index (χ4n) is 4.80. The molecule has 0 unspecified atom stereocenters. The van der Waals surface area contributed by atoms with E-state index in [-0.39, 0.29) is 33.4 Å². The van der Waals surface area contributed by atoms with Gasteiger partial charge in [0.25, 0.3) is 0 Å². The molecule has 3 fully saturated rings. The summed E-state index contributed by atoms with van der Waals surface area (Å²) in [5, 5.41) is 0. The predicted molar refractivity (Wildman–Crippen MR) is 115 cm³/mol. The minimum absolute atomic E-state index is 0.125. The Balaban J connectivity index is 1.91. The summed E-state index contributed by atoms with van der Waals surface area (Å²) in [5.41, 5.74) is 0.240. The molecule has 0 radical (unpaired) electrons. The van der Waals surface area contributed by atoms with Gasteiger partial charge in [-0.3, -0.25) is 9.59 Å². The van der Waals surface area contributed by atoms with E-state index in [1.807, 2.05) is 20.8 Å². The molecule has 5 heteroatoms. The smallest absolute Gasteiger partial charge is 0.311 e. The van der Waals surface area contributed by atoms with Gasteiger partial charge in [-0.05, 0) is 59.3 Å². The molecule has 1 heterocycles. The molecule has 1 saturated heterocycles. The van der Waals surface area contributed by atoms with Gasteiger partial charge in [-0.2, -0.15) is 0 Å². The zero-order valence-electron chi connectivity index (χ0n) is 17.4. The first-order valence-corrected chi connectivity index (χ1v) is 12.1. The SMILES string of the molecule is C=C(C)[C@@H]1CC(=O)[C@@]2(C)CC[C@@H](OC(=O)C(C)(C)C)[C@H]2CC2(C1)SCCS2. The molecule has 0 N–H and O–H groups in total. The molecule has 4 atom stereocenters. The fourth-order valence-corrected chi connectivity index (χ4v) is 8.28. The topological polar surface area (TPSA) is 43.4 Å². The third-order valence-electron chi connectivity index (χ3n) is 6.75. The number of ketones is 1. The molecule has 3 nitrogen and oxygen atoms in total. The number of carbonyl (C=O) groups excluding carboxylic acids is 2. The van der Waals surface area contributed by atoms with Crippen LogP contribution < -0.4 is 0 Å². The minimum atomic E-state index is -0.510. The van der Waals surface area contributed by atoms with Crippen molar-refractivity contribution in [3.63, 3.8) is 0 Å². The summed E-state index contributed by atoms with van der Waals surface area (Å²) in [4.78, 5) is 25.9. The summed E-state index contributed by atoms with van der Waals surface area (Å²) in [6, 6.07) is 0. The molecule has 0 aromatic rings. The molecule has 2 aliphatic carbocycles. The number of allylic oxidation sites excluding steroid dienone is 1. The van der Waals surface area contributed by atoms with Crippen molar-refractivity contribution >= 4 is 35.3 Å². The second kappa shape index (κ2) is 7.44. The molecular weight excluding hydrogens is 376 g/mol. The van der Waals surface area contributed by atoms with E-state index in [1.165, 1.54) is 0 Å². The van der Waals surface area contributed by atoms with Crippen LogP contribution in [0, 0.1) is 22.7 Å². The summed E-state index contributed by atoms with van der Waals surface area (Å²) in [6.07, 6.45) is 4.05. The highest BCUT2D eigenvalue weighted by Crippen LogP contribution is 2.60. The lowest BCUT2D eigenvalue weighted by molar-refractivity contribution is -0.162. The van der Waals surface area contributed by atoms with E-state index in [1.54, 1.807) is 0 Å². The normalized spacial score (nSPS) is 36.2. The summed E-state index contributed by atoms with van der Waals surface area (Å²) in [5.74, 6) is 2.92. The van der Waals surface area contributed by atoms with Crippen LogP contribution in [0.15, 0.2) is 12.2 Å². The molecule has 3 aliphatic rings. The van der Waals surface area contributed by atoms with Crippen LogP contribution in [0.3, 0.4) is 0 Å². The molecule has 0 amide bonds. The van der Waals surface area contributed by atoms with Crippen molar-refractivity contribution in [2.24, 2.45) is 22.7 Å². The van der Waals surface area contributed by atoms with Gasteiger partial charge in [0.05, 0.1) is 9.49 Å². The van der Waals surface area contributed by atoms with Gasteiger partial charge in [0.1, 0.15) is 11.9 Å². The van der Waals surface area contributed by atoms with Crippen molar-refractivity contribution in [2.75, 3.05) is 11.5 Å². The van der Waals surface area contributed by atoms with Crippen LogP contribution in [-0.4, -0.2) is 33.4 Å². The average Bonchev–Trinajstić information content (AvgIpc) is 3.13. The van der Waals surface area contributed by atoms with Crippen LogP contribution in [0.1, 0.15) is 66.7 Å². The van der Waals surface area contributed by atoms with Crippen molar-refractivity contribution in [1.82, 2.24) is 0 Å². The Morgan fingerprint density at radius 1 is 1.22 bits per heavy atom. The highest BCUT2D eigenvalue weighted by molar-refractivity contribution is 8.21. The number of rotatable bonds is 2. The number of carbonyl (C=O) groups is 2. The number of hydrogen-bond donors (Lipinski definition) is 0. The Morgan fingerprint density at radius 3 is 2.41 bits per heavy atom. The van der Waals surface area contributed by atoms with Crippen LogP contribution in [0.2, 0.25) is 0 Å². The number of hydrogen-bond acceptors (Lipinski definition) is 5. The first kappa shape index (κ1) is 21.3. The molecule has 0 aromatic heterocycles. The molecule has 1 aliphatic heterocycles. The monoisotopic (exact) mass is 410 g/mol. The van der Waals surface area contributed by atoms with E-state index >= 15 is 0 Å². The molecule has 2 saturated carbocycles. The zero-order chi connectivity index (χ0) is 20.0. The van der Waals surface area contributed by atoms with Crippen molar-refractivity contribution in [2.45, 2.75) is 76.9 Å². The summed E-state index contributed by atoms with van der Waals surface area (Å²) in [6.45, 7) is 14.1. The van der Waals surface area contributed by atoms with Gasteiger partial charge in [-0.25, -0.2) is 0 Å². The third-order valence-corrected chi connectivity index (χ3v) is 10.3.